The number of nitrogens with one attached hydrogen (secondary N) is 1. The van der Waals surface area contributed by atoms with Crippen LogP contribution in [0.15, 0.2) is 0 Å². The van der Waals surface area contributed by atoms with E-state index in [1.807, 2.05) is 13.8 Å². The van der Waals surface area contributed by atoms with Gasteiger partial charge in [-0.15, -0.1) is 0 Å². The second-order valence-corrected chi connectivity index (χ2v) is 5.63. The molecular weight excluding hydrogens is 212 g/mol. The lowest BCUT2D eigenvalue weighted by molar-refractivity contribution is 0.228. The maximum atomic E-state index is 8.86. The van der Waals surface area contributed by atoms with Gasteiger partial charge in [0.05, 0.1) is 11.5 Å². The first-order chi connectivity index (χ1) is 8.02. The molecule has 0 aromatic carbocycles. The van der Waals surface area contributed by atoms with Crippen molar-refractivity contribution in [3.05, 3.63) is 0 Å². The van der Waals surface area contributed by atoms with Crippen molar-refractivity contribution in [3.63, 3.8) is 0 Å². The molecule has 1 atom stereocenters. The number of aliphatic hydroxyl groups is 1. The molecule has 0 aromatic heterocycles. The van der Waals surface area contributed by atoms with Gasteiger partial charge in [0.15, 0.2) is 0 Å². The summed E-state index contributed by atoms with van der Waals surface area (Å²) in [6.45, 7) is 8.43. The largest absolute Gasteiger partial charge is 0.396 e. The van der Waals surface area contributed by atoms with E-state index < -0.39 is 0 Å². The topological polar surface area (TPSA) is 56.0 Å². The molecule has 0 rings (SSSR count). The van der Waals surface area contributed by atoms with E-state index >= 15 is 0 Å². The smallest absolute Gasteiger partial charge is 0.0683 e. The van der Waals surface area contributed by atoms with Crippen molar-refractivity contribution in [2.24, 2.45) is 11.3 Å². The molecule has 0 aliphatic heterocycles. The van der Waals surface area contributed by atoms with Crippen LogP contribution >= 0.6 is 0 Å². The van der Waals surface area contributed by atoms with Crippen LogP contribution in [0.1, 0.15) is 52.9 Å². The second-order valence-electron chi connectivity index (χ2n) is 5.63. The van der Waals surface area contributed by atoms with Gasteiger partial charge >= 0.3 is 0 Å². The highest BCUT2D eigenvalue weighted by Gasteiger charge is 2.14. The molecular formula is C14H28N2O. The summed E-state index contributed by atoms with van der Waals surface area (Å²) in [5.41, 5.74) is -0.170. The Balaban J connectivity index is 3.23. The fourth-order valence-corrected chi connectivity index (χ4v) is 1.66. The van der Waals surface area contributed by atoms with Crippen LogP contribution in [-0.2, 0) is 0 Å². The van der Waals surface area contributed by atoms with E-state index in [-0.39, 0.29) is 5.41 Å². The fraction of sp³-hybridized carbons (Fsp3) is 0.929. The van der Waals surface area contributed by atoms with Gasteiger partial charge in [-0.25, -0.2) is 0 Å². The summed E-state index contributed by atoms with van der Waals surface area (Å²) in [6, 6.07) is 2.33. The number of hydrogen-bond donors (Lipinski definition) is 2. The van der Waals surface area contributed by atoms with E-state index in [4.69, 9.17) is 10.4 Å². The highest BCUT2D eigenvalue weighted by atomic mass is 16.3. The molecule has 0 spiro atoms. The molecule has 0 bridgehead atoms. The average Bonchev–Trinajstić information content (AvgIpc) is 2.32. The number of unbranched alkanes of at least 4 members (excludes halogenated alkanes) is 1. The van der Waals surface area contributed by atoms with Gasteiger partial charge in [-0.05, 0) is 58.5 Å². The van der Waals surface area contributed by atoms with Gasteiger partial charge in [-0.3, -0.25) is 0 Å². The predicted molar refractivity (Wildman–Crippen MR) is 71.6 cm³/mol. The third-order valence-corrected chi connectivity index (χ3v) is 3.07. The Morgan fingerprint density at radius 2 is 1.88 bits per heavy atom. The predicted octanol–water partition coefficient (Wildman–Crippen LogP) is 2.70. The van der Waals surface area contributed by atoms with Crippen molar-refractivity contribution in [1.29, 1.82) is 5.26 Å². The molecule has 100 valence electrons. The number of aliphatic hydroxyl groups excluding tert-OH is 1. The molecule has 0 heterocycles. The van der Waals surface area contributed by atoms with Gasteiger partial charge < -0.3 is 10.4 Å². The van der Waals surface area contributed by atoms with Crippen molar-refractivity contribution in [2.75, 3.05) is 19.7 Å². The van der Waals surface area contributed by atoms with Gasteiger partial charge in [0.25, 0.3) is 0 Å². The van der Waals surface area contributed by atoms with Crippen LogP contribution in [0.25, 0.3) is 0 Å². The van der Waals surface area contributed by atoms with Crippen LogP contribution < -0.4 is 5.32 Å². The van der Waals surface area contributed by atoms with Gasteiger partial charge in [0.2, 0.25) is 0 Å². The second kappa shape index (κ2) is 9.44. The summed E-state index contributed by atoms with van der Waals surface area (Å²) in [4.78, 5) is 0. The molecule has 0 saturated heterocycles. The molecule has 0 saturated carbocycles. The zero-order valence-electron chi connectivity index (χ0n) is 11.6. The van der Waals surface area contributed by atoms with Crippen molar-refractivity contribution >= 4 is 0 Å². The minimum absolute atomic E-state index is 0.170. The van der Waals surface area contributed by atoms with Crippen molar-refractivity contribution < 1.29 is 5.11 Å². The molecule has 17 heavy (non-hydrogen) atoms. The molecule has 1 unspecified atom stereocenters. The average molecular weight is 240 g/mol. The van der Waals surface area contributed by atoms with Gasteiger partial charge in [0.1, 0.15) is 0 Å². The fourth-order valence-electron chi connectivity index (χ4n) is 1.66. The normalized spacial score (nSPS) is 13.4. The summed E-state index contributed by atoms with van der Waals surface area (Å²) < 4.78 is 0. The highest BCUT2D eigenvalue weighted by molar-refractivity contribution is 4.91. The molecule has 2 N–H and O–H groups in total. The van der Waals surface area contributed by atoms with Gasteiger partial charge in [0, 0.05) is 6.61 Å². The standard InChI is InChI=1S/C14H28N2O/c1-13(11-17)7-6-10-16-9-5-4-8-14(2,3)12-15/h13,16-17H,4-11H2,1-3H3. The molecule has 0 aliphatic carbocycles. The van der Waals surface area contributed by atoms with Gasteiger partial charge in [-0.1, -0.05) is 13.3 Å². The summed E-state index contributed by atoms with van der Waals surface area (Å²) >= 11 is 0. The molecule has 3 heteroatoms. The number of hydrogen-bond acceptors (Lipinski definition) is 3. The lowest BCUT2D eigenvalue weighted by Crippen LogP contribution is -2.18. The van der Waals surface area contributed by atoms with E-state index in [1.165, 1.54) is 0 Å². The highest BCUT2D eigenvalue weighted by Crippen LogP contribution is 2.21. The molecule has 0 fully saturated rings. The Kier molecular flexibility index (Phi) is 9.11. The van der Waals surface area contributed by atoms with E-state index in [0.29, 0.717) is 12.5 Å². The minimum atomic E-state index is -0.170. The maximum absolute atomic E-state index is 8.86. The first-order valence-electron chi connectivity index (χ1n) is 6.74. The first-order valence-corrected chi connectivity index (χ1v) is 6.74. The third-order valence-electron chi connectivity index (χ3n) is 3.07. The minimum Gasteiger partial charge on any atom is -0.396 e. The van der Waals surface area contributed by atoms with E-state index in [2.05, 4.69) is 18.3 Å². The summed E-state index contributed by atoms with van der Waals surface area (Å²) in [6.07, 6.45) is 5.45. The maximum Gasteiger partial charge on any atom is 0.0683 e. The Morgan fingerprint density at radius 3 is 2.47 bits per heavy atom. The quantitative estimate of drug-likeness (QED) is 0.577. The zero-order chi connectivity index (χ0) is 13.1. The van der Waals surface area contributed by atoms with Crippen LogP contribution in [0.5, 0.6) is 0 Å². The van der Waals surface area contributed by atoms with Crippen LogP contribution in [0, 0.1) is 22.7 Å². The van der Waals surface area contributed by atoms with Gasteiger partial charge in [-0.2, -0.15) is 5.26 Å². The van der Waals surface area contributed by atoms with Crippen LogP contribution in [0.4, 0.5) is 0 Å². The van der Waals surface area contributed by atoms with Crippen LogP contribution in [0.3, 0.4) is 0 Å². The summed E-state index contributed by atoms with van der Waals surface area (Å²) in [5.74, 6) is 0.424. The Labute approximate surface area is 106 Å². The number of nitrogens with zero attached hydrogens (tertiary/aromatic N) is 1. The molecule has 0 aliphatic rings. The SMILES string of the molecule is CC(CO)CCCNCCCCC(C)(C)C#N. The number of rotatable bonds is 10. The Bertz CT molecular complexity index is 221. The van der Waals surface area contributed by atoms with Crippen LogP contribution in [0.2, 0.25) is 0 Å². The molecule has 3 nitrogen and oxygen atoms in total. The lowest BCUT2D eigenvalue weighted by Gasteiger charge is -2.14. The van der Waals surface area contributed by atoms with Crippen molar-refractivity contribution in [3.8, 4) is 6.07 Å². The number of nitriles is 1. The Morgan fingerprint density at radius 1 is 1.24 bits per heavy atom. The zero-order valence-corrected chi connectivity index (χ0v) is 11.6. The van der Waals surface area contributed by atoms with Crippen molar-refractivity contribution in [1.82, 2.24) is 5.32 Å². The summed E-state index contributed by atoms with van der Waals surface area (Å²) in [5, 5.41) is 21.1. The van der Waals surface area contributed by atoms with Crippen LogP contribution in [-0.4, -0.2) is 24.8 Å². The van der Waals surface area contributed by atoms with Crippen molar-refractivity contribution in [2.45, 2.75) is 52.9 Å². The lowest BCUT2D eigenvalue weighted by atomic mass is 9.89. The molecule has 0 amide bonds. The first kappa shape index (κ1) is 16.4. The molecule has 0 aromatic rings. The van der Waals surface area contributed by atoms with E-state index in [1.54, 1.807) is 0 Å². The Hall–Kier alpha value is -0.590. The molecule has 0 radical (unpaired) electrons. The third kappa shape index (κ3) is 10.3. The summed E-state index contributed by atoms with van der Waals surface area (Å²) in [7, 11) is 0. The van der Waals surface area contributed by atoms with E-state index in [9.17, 15) is 0 Å². The monoisotopic (exact) mass is 240 g/mol. The van der Waals surface area contributed by atoms with E-state index in [0.717, 1.165) is 45.2 Å².